The highest BCUT2D eigenvalue weighted by atomic mass is 16.7. The molecule has 0 saturated heterocycles. The molecule has 0 aliphatic rings. The smallest absolute Gasteiger partial charge is 0.248 e. The van der Waals surface area contributed by atoms with Crippen LogP contribution in [0.3, 0.4) is 0 Å². The fraction of sp³-hybridized carbons (Fsp3) is 0.814. The van der Waals surface area contributed by atoms with Crippen LogP contribution in [-0.4, -0.2) is 137 Å². The third-order valence-electron chi connectivity index (χ3n) is 13.4. The van der Waals surface area contributed by atoms with Gasteiger partial charge < -0.3 is 48.7 Å². The van der Waals surface area contributed by atoms with Gasteiger partial charge in [-0.2, -0.15) is 32.1 Å². The summed E-state index contributed by atoms with van der Waals surface area (Å²) in [5, 5.41) is 30.3. The predicted octanol–water partition coefficient (Wildman–Crippen LogP) is 5.65. The predicted molar refractivity (Wildman–Crippen MR) is 336 cm³/mol. The van der Waals surface area contributed by atoms with E-state index < -0.39 is 59.4 Å². The van der Waals surface area contributed by atoms with E-state index in [1.807, 2.05) is 0 Å². The number of rotatable bonds is 61. The number of aliphatic imine (C=N–C) groups is 1. The van der Waals surface area contributed by atoms with Gasteiger partial charge in [0.2, 0.25) is 41.4 Å². The summed E-state index contributed by atoms with van der Waals surface area (Å²) < 4.78 is 0. The molecule has 0 fully saturated rings. The molecule has 0 aliphatic carbocycles. The normalized spacial score (nSPS) is 11.9. The Kier molecular flexibility index (Phi) is 56.5. The molecule has 0 rings (SSSR count). The van der Waals surface area contributed by atoms with Crippen LogP contribution in [0.25, 0.3) is 0 Å². The fourth-order valence-corrected chi connectivity index (χ4v) is 8.51. The van der Waals surface area contributed by atoms with Crippen molar-refractivity contribution < 1.29 is 48.1 Å². The molecule has 490 valence electrons. The highest BCUT2D eigenvalue weighted by Crippen LogP contribution is 2.13. The lowest BCUT2D eigenvalue weighted by atomic mass is 10.1. The number of hydrogen-bond acceptors (Lipinski definition) is 17. The Morgan fingerprint density at radius 3 is 1.00 bits per heavy atom. The van der Waals surface area contributed by atoms with E-state index in [0.717, 1.165) is 57.8 Å². The molecule has 0 aromatic heterocycles. The molecule has 0 saturated carbocycles. The minimum atomic E-state index is -1.30. The van der Waals surface area contributed by atoms with Gasteiger partial charge >= 0.3 is 0 Å². The second kappa shape index (κ2) is 61.0. The summed E-state index contributed by atoms with van der Waals surface area (Å²) in [6.45, 7) is 5.98. The van der Waals surface area contributed by atoms with Gasteiger partial charge in [0.15, 0.2) is 25.8 Å². The summed E-state index contributed by atoms with van der Waals surface area (Å²) in [6, 6.07) is -2.58. The zero-order chi connectivity index (χ0) is 62.3. The van der Waals surface area contributed by atoms with Crippen LogP contribution in [0.1, 0.15) is 239 Å². The molecule has 0 spiro atoms. The molecule has 14 N–H and O–H groups in total. The molecular weight excluding hydrogens is 1090 g/mol. The van der Waals surface area contributed by atoms with Crippen LogP contribution in [0.5, 0.6) is 0 Å². The molecule has 0 aromatic rings. The Morgan fingerprint density at radius 2 is 0.671 bits per heavy atom. The van der Waals surface area contributed by atoms with Crippen molar-refractivity contribution >= 4 is 66.0 Å². The number of guanidine groups is 1. The standard InChI is InChI=1S/C59H114N16O10/c1-4-7-10-13-16-19-22-25-28-31-38-68-73-83-47-54(78)64-43-41-62-52(76)36-34-50(57(81)67-46-45-66-56(80)49-85-75-70-40-33-30-27-24-21-18-15-12-9-6-3)71-58(82)51(72-59(60)61)35-37-53(77)63-42-44-65-55(79)48-84-74-69-39-32-29-26-23-20-17-14-11-8-5-2/h38-40,50-51,73-75H,4-37,41-49H2,1-3H3,(H,62,76)(H,63,77)(H,64,78)(H,65,79)(H,66,80)(H,67,81)(H,71,82)(H4,60,61,72)/b68-38+,69-39+,70-40+/t50-,51-/m0/s1. The molecule has 26 heteroatoms. The average Bonchev–Trinajstić information content (AvgIpc) is 3.49. The number of nitrogens with zero attached hydrogens (tertiary/aromatic N) is 4. The fourth-order valence-electron chi connectivity index (χ4n) is 8.51. The van der Waals surface area contributed by atoms with Crippen LogP contribution >= 0.6 is 0 Å². The zero-order valence-corrected chi connectivity index (χ0v) is 52.3. The van der Waals surface area contributed by atoms with Crippen LogP contribution in [0, 0.1) is 0 Å². The number of carbonyl (C=O) groups is 7. The third-order valence-corrected chi connectivity index (χ3v) is 13.4. The number of nitrogens with two attached hydrogens (primary N) is 2. The summed E-state index contributed by atoms with van der Waals surface area (Å²) >= 11 is 0. The van der Waals surface area contributed by atoms with Gasteiger partial charge in [0.1, 0.15) is 12.1 Å². The highest BCUT2D eigenvalue weighted by Gasteiger charge is 2.27. The van der Waals surface area contributed by atoms with Gasteiger partial charge in [-0.3, -0.25) is 33.6 Å². The average molecular weight is 1210 g/mol. The molecule has 26 nitrogen and oxygen atoms in total. The van der Waals surface area contributed by atoms with E-state index in [2.05, 4.69) is 95.1 Å². The van der Waals surface area contributed by atoms with Crippen molar-refractivity contribution in [2.75, 3.05) is 59.1 Å². The van der Waals surface area contributed by atoms with E-state index in [1.165, 1.54) is 135 Å². The number of hydrogen-bond donors (Lipinski definition) is 12. The molecule has 0 unspecified atom stereocenters. The number of carbonyl (C=O) groups excluding carboxylic acids is 7. The second-order valence-corrected chi connectivity index (χ2v) is 21.2. The van der Waals surface area contributed by atoms with Gasteiger partial charge in [-0.25, -0.2) is 19.5 Å². The number of unbranched alkanes of at least 4 members (excludes halogenated alkanes) is 27. The molecule has 2 atom stereocenters. The van der Waals surface area contributed by atoms with Crippen molar-refractivity contribution in [2.24, 2.45) is 31.8 Å². The van der Waals surface area contributed by atoms with Crippen LogP contribution in [0.15, 0.2) is 20.3 Å². The van der Waals surface area contributed by atoms with Gasteiger partial charge in [-0.05, 0) is 51.4 Å². The highest BCUT2D eigenvalue weighted by molar-refractivity contribution is 5.92. The van der Waals surface area contributed by atoms with E-state index in [9.17, 15) is 33.6 Å². The lowest BCUT2D eigenvalue weighted by Gasteiger charge is -2.21. The van der Waals surface area contributed by atoms with E-state index >= 15 is 0 Å². The van der Waals surface area contributed by atoms with Gasteiger partial charge in [0.25, 0.3) is 0 Å². The Balaban J connectivity index is 5.02. The zero-order valence-electron chi connectivity index (χ0n) is 52.3. The first-order valence-electron chi connectivity index (χ1n) is 32.1. The third kappa shape index (κ3) is 56.7. The van der Waals surface area contributed by atoms with Crippen molar-refractivity contribution in [1.82, 2.24) is 54.0 Å². The number of amides is 7. The molecule has 0 aromatic carbocycles. The first-order valence-corrected chi connectivity index (χ1v) is 32.1. The van der Waals surface area contributed by atoms with Crippen molar-refractivity contribution in [1.29, 1.82) is 0 Å². The summed E-state index contributed by atoms with van der Waals surface area (Å²) in [6.07, 6.45) is 40.1. The molecule has 0 heterocycles. The van der Waals surface area contributed by atoms with Crippen molar-refractivity contribution in [3.05, 3.63) is 0 Å². The topological polar surface area (TPSA) is 369 Å². The first-order chi connectivity index (χ1) is 41.4. The van der Waals surface area contributed by atoms with Gasteiger partial charge in [0.05, 0.1) is 0 Å². The molecule has 85 heavy (non-hydrogen) atoms. The van der Waals surface area contributed by atoms with Crippen molar-refractivity contribution in [2.45, 2.75) is 251 Å². The number of hydrazone groups is 3. The van der Waals surface area contributed by atoms with Crippen LogP contribution < -0.4 is 65.5 Å². The molecular formula is C59H114N16O10. The SMILES string of the molecule is CCCCCCCCCCC/C=N/NOCC(=O)NCCNC(=O)CC[C@H](N=C(N)N)C(=O)N[C@@H](CCC(=O)NCCNC(=O)CON/N=C/CCCCCCCCCCC)C(=O)NCCNC(=O)CON/N=C/CCCCCCCCCCC. The molecule has 7 amide bonds. The maximum absolute atomic E-state index is 13.6. The maximum Gasteiger partial charge on any atom is 0.248 e. The quantitative estimate of drug-likeness (QED) is 0.0151. The Labute approximate surface area is 508 Å². The van der Waals surface area contributed by atoms with Gasteiger partial charge in [0, 0.05) is 70.8 Å². The Hall–Kier alpha value is -6.15. The summed E-state index contributed by atoms with van der Waals surface area (Å²) in [5.41, 5.74) is 18.5. The van der Waals surface area contributed by atoms with Crippen LogP contribution in [-0.2, 0) is 48.1 Å². The van der Waals surface area contributed by atoms with E-state index in [-0.39, 0.29) is 84.8 Å². The Bertz CT molecular complexity index is 1830. The molecule has 0 bridgehead atoms. The Morgan fingerprint density at radius 1 is 0.376 bits per heavy atom. The van der Waals surface area contributed by atoms with E-state index in [0.29, 0.717) is 0 Å². The minimum Gasteiger partial charge on any atom is -0.370 e. The van der Waals surface area contributed by atoms with Crippen LogP contribution in [0.2, 0.25) is 0 Å². The summed E-state index contributed by atoms with van der Waals surface area (Å²) in [7, 11) is 0. The van der Waals surface area contributed by atoms with Crippen LogP contribution in [0.4, 0.5) is 0 Å². The first kappa shape index (κ1) is 78.8. The van der Waals surface area contributed by atoms with E-state index in [4.69, 9.17) is 26.0 Å². The lowest BCUT2D eigenvalue weighted by molar-refractivity contribution is -0.131. The van der Waals surface area contributed by atoms with Crippen molar-refractivity contribution in [3.63, 3.8) is 0 Å². The second-order valence-electron chi connectivity index (χ2n) is 21.2. The minimum absolute atomic E-state index is 0.00534. The van der Waals surface area contributed by atoms with Gasteiger partial charge in [-0.1, -0.05) is 175 Å². The summed E-state index contributed by atoms with van der Waals surface area (Å²) in [4.78, 5) is 109. The maximum atomic E-state index is 13.6. The lowest BCUT2D eigenvalue weighted by Crippen LogP contribution is -2.51. The summed E-state index contributed by atoms with van der Waals surface area (Å²) in [5.74, 6) is -4.20. The monoisotopic (exact) mass is 1210 g/mol. The van der Waals surface area contributed by atoms with Gasteiger partial charge in [-0.15, -0.1) is 0 Å². The van der Waals surface area contributed by atoms with E-state index in [1.54, 1.807) is 18.6 Å². The number of nitrogens with one attached hydrogen (secondary N) is 10. The van der Waals surface area contributed by atoms with Crippen molar-refractivity contribution in [3.8, 4) is 0 Å². The molecule has 0 aliphatic heterocycles. The molecule has 0 radical (unpaired) electrons. The largest absolute Gasteiger partial charge is 0.370 e.